The average Bonchev–Trinajstić information content (AvgIpc) is 2.93. The van der Waals surface area contributed by atoms with Gasteiger partial charge in [0, 0.05) is 49.9 Å². The van der Waals surface area contributed by atoms with E-state index in [0.29, 0.717) is 19.4 Å². The Morgan fingerprint density at radius 1 is 0.974 bits per heavy atom. The molecule has 4 atom stereocenters. The number of hydrogen-bond acceptors (Lipinski definition) is 6. The van der Waals surface area contributed by atoms with Gasteiger partial charge < -0.3 is 20.8 Å². The van der Waals surface area contributed by atoms with E-state index in [1.807, 2.05) is 72.8 Å². The molecule has 1 heterocycles. The van der Waals surface area contributed by atoms with Crippen molar-refractivity contribution in [2.75, 3.05) is 13.6 Å². The van der Waals surface area contributed by atoms with Crippen LogP contribution in [0, 0.1) is 5.92 Å². The predicted octanol–water partition coefficient (Wildman–Crippen LogP) is 3.54. The van der Waals surface area contributed by atoms with Crippen molar-refractivity contribution >= 4 is 12.0 Å². The van der Waals surface area contributed by atoms with Gasteiger partial charge in [0.25, 0.3) is 0 Å². The van der Waals surface area contributed by atoms with Gasteiger partial charge in [-0.15, -0.1) is 0 Å². The maximum Gasteiger partial charge on any atom is 0.407 e. The van der Waals surface area contributed by atoms with Crippen LogP contribution in [0.2, 0.25) is 0 Å². The molecule has 0 aliphatic rings. The normalized spacial score (nSPS) is 14.3. The van der Waals surface area contributed by atoms with Crippen molar-refractivity contribution in [3.05, 3.63) is 90.1 Å². The molecule has 1 aromatic heterocycles. The van der Waals surface area contributed by atoms with E-state index in [2.05, 4.69) is 10.4 Å². The van der Waals surface area contributed by atoms with Crippen LogP contribution in [0.3, 0.4) is 0 Å². The highest BCUT2D eigenvalue weighted by molar-refractivity contribution is 5.78. The number of carbonyl (C=O) groups excluding carboxylic acids is 1. The third kappa shape index (κ3) is 9.17. The minimum atomic E-state index is -1.04. The highest BCUT2D eigenvalue weighted by Crippen LogP contribution is 2.18. The third-order valence-electron chi connectivity index (χ3n) is 6.88. The maximum absolute atomic E-state index is 13.1. The Bertz CT molecular complexity index is 1180. The number of nitrogens with two attached hydrogens (primary N) is 1. The Balaban J connectivity index is 1.70. The minimum absolute atomic E-state index is 0.124. The highest BCUT2D eigenvalue weighted by Gasteiger charge is 2.25. The molecule has 39 heavy (non-hydrogen) atoms. The van der Waals surface area contributed by atoms with Crippen LogP contribution < -0.4 is 11.2 Å². The molecule has 5 N–H and O–H groups in total. The first-order chi connectivity index (χ1) is 18.6. The van der Waals surface area contributed by atoms with E-state index >= 15 is 0 Å². The number of pyridine rings is 1. The fourth-order valence-electron chi connectivity index (χ4n) is 4.30. The smallest absolute Gasteiger partial charge is 0.407 e. The first kappa shape index (κ1) is 29.8. The number of aliphatic hydroxyl groups excluding tert-OH is 1. The van der Waals surface area contributed by atoms with Crippen molar-refractivity contribution in [3.8, 4) is 11.3 Å². The number of rotatable bonds is 13. The molecule has 9 heteroatoms. The van der Waals surface area contributed by atoms with Gasteiger partial charge in [-0.05, 0) is 43.0 Å². The molecule has 0 aliphatic heterocycles. The molecule has 0 bridgehead atoms. The first-order valence-corrected chi connectivity index (χ1v) is 13.1. The van der Waals surface area contributed by atoms with Gasteiger partial charge in [-0.3, -0.25) is 15.2 Å². The molecule has 0 saturated heterocycles. The largest absolute Gasteiger partial charge is 0.465 e. The molecule has 1 unspecified atom stereocenters. The van der Waals surface area contributed by atoms with Crippen LogP contribution in [-0.4, -0.2) is 68.9 Å². The van der Waals surface area contributed by atoms with Crippen molar-refractivity contribution in [1.29, 1.82) is 0 Å². The van der Waals surface area contributed by atoms with Crippen molar-refractivity contribution in [2.24, 2.45) is 11.7 Å². The monoisotopic (exact) mass is 533 g/mol. The Hall–Kier alpha value is -3.79. The maximum atomic E-state index is 13.1. The molecular formula is C30H39N5O4. The van der Waals surface area contributed by atoms with Crippen LogP contribution in [0.1, 0.15) is 31.4 Å². The number of nitrogens with one attached hydrogen (secondary N) is 1. The topological polar surface area (TPSA) is 132 Å². The fourth-order valence-corrected chi connectivity index (χ4v) is 4.30. The van der Waals surface area contributed by atoms with Crippen molar-refractivity contribution in [2.45, 2.75) is 51.4 Å². The second-order valence-corrected chi connectivity index (χ2v) is 10.1. The zero-order valence-electron chi connectivity index (χ0n) is 22.8. The van der Waals surface area contributed by atoms with Crippen molar-refractivity contribution in [3.63, 3.8) is 0 Å². The van der Waals surface area contributed by atoms with E-state index in [-0.39, 0.29) is 18.5 Å². The lowest BCUT2D eigenvalue weighted by Gasteiger charge is -2.30. The lowest BCUT2D eigenvalue weighted by Crippen LogP contribution is -2.51. The average molecular weight is 534 g/mol. The number of carbonyl (C=O) groups is 2. The molecule has 0 radical (unpaired) electrons. The van der Waals surface area contributed by atoms with E-state index in [1.54, 1.807) is 25.1 Å². The lowest BCUT2D eigenvalue weighted by atomic mass is 10.0. The number of hydrogen-bond donors (Lipinski definition) is 4. The number of amides is 2. The summed E-state index contributed by atoms with van der Waals surface area (Å²) in [5.74, 6) is -0.708. The van der Waals surface area contributed by atoms with Gasteiger partial charge in [-0.1, -0.05) is 67.6 Å². The second kappa shape index (κ2) is 14.4. The summed E-state index contributed by atoms with van der Waals surface area (Å²) in [6.07, 6.45) is 0.665. The van der Waals surface area contributed by atoms with Crippen LogP contribution in [0.5, 0.6) is 0 Å². The second-order valence-electron chi connectivity index (χ2n) is 10.1. The van der Waals surface area contributed by atoms with Gasteiger partial charge in [0.05, 0.1) is 11.8 Å². The van der Waals surface area contributed by atoms with Crippen molar-refractivity contribution < 1.29 is 19.8 Å². The molecule has 0 spiro atoms. The summed E-state index contributed by atoms with van der Waals surface area (Å²) < 4.78 is 0. The highest BCUT2D eigenvalue weighted by atomic mass is 16.4. The fraction of sp³-hybridized carbons (Fsp3) is 0.367. The number of aliphatic hydroxyl groups is 1. The van der Waals surface area contributed by atoms with Gasteiger partial charge in [-0.2, -0.15) is 0 Å². The molecule has 2 aromatic carbocycles. The number of nitrogens with zero attached hydrogens (tertiary/aromatic N) is 3. The zero-order chi connectivity index (χ0) is 28.4. The molecule has 0 fully saturated rings. The van der Waals surface area contributed by atoms with Crippen LogP contribution in [0.15, 0.2) is 79.0 Å². The number of benzene rings is 2. The Labute approximate surface area is 230 Å². The quantitative estimate of drug-likeness (QED) is 0.247. The number of hydrazine groups is 1. The van der Waals surface area contributed by atoms with Gasteiger partial charge in [0.2, 0.25) is 5.91 Å². The SMILES string of the molecule is CC(C[C@H](C)C(=O)NN(Cc1ccc(-c2ccccn2)cc1)C[C@H](O)[C@@H](N)Cc1ccccc1)N(C)C(=O)O. The molecule has 0 aliphatic carbocycles. The molecule has 208 valence electrons. The zero-order valence-corrected chi connectivity index (χ0v) is 22.8. The summed E-state index contributed by atoms with van der Waals surface area (Å²) in [6, 6.07) is 22.5. The predicted molar refractivity (Wildman–Crippen MR) is 151 cm³/mol. The summed E-state index contributed by atoms with van der Waals surface area (Å²) in [4.78, 5) is 30.0. The van der Waals surface area contributed by atoms with E-state index in [9.17, 15) is 19.8 Å². The number of aromatic nitrogens is 1. The summed E-state index contributed by atoms with van der Waals surface area (Å²) in [7, 11) is 1.49. The van der Waals surface area contributed by atoms with Gasteiger partial charge in [0.1, 0.15) is 0 Å². The Morgan fingerprint density at radius 3 is 2.26 bits per heavy atom. The Morgan fingerprint density at radius 2 is 1.64 bits per heavy atom. The molecule has 2 amide bonds. The van der Waals surface area contributed by atoms with Crippen molar-refractivity contribution in [1.82, 2.24) is 20.3 Å². The summed E-state index contributed by atoms with van der Waals surface area (Å²) in [5, 5.41) is 21.9. The number of carboxylic acid groups (broad SMARTS) is 1. The van der Waals surface area contributed by atoms with E-state index in [0.717, 1.165) is 22.4 Å². The summed E-state index contributed by atoms with van der Waals surface area (Å²) in [5.41, 5.74) is 13.1. The molecule has 3 aromatic rings. The van der Waals surface area contributed by atoms with E-state index < -0.39 is 24.2 Å². The third-order valence-corrected chi connectivity index (χ3v) is 6.88. The molecule has 9 nitrogen and oxygen atoms in total. The summed E-state index contributed by atoms with van der Waals surface area (Å²) >= 11 is 0. The van der Waals surface area contributed by atoms with Gasteiger partial charge in [-0.25, -0.2) is 9.80 Å². The molecular weight excluding hydrogens is 494 g/mol. The van der Waals surface area contributed by atoms with Crippen LogP contribution >= 0.6 is 0 Å². The van der Waals surface area contributed by atoms with Crippen LogP contribution in [0.25, 0.3) is 11.3 Å². The lowest BCUT2D eigenvalue weighted by molar-refractivity contribution is -0.131. The van der Waals surface area contributed by atoms with Crippen LogP contribution in [0.4, 0.5) is 4.79 Å². The standard InChI is InChI=1S/C30H39N5O4/c1-21(17-22(2)34(3)30(38)39)29(37)33-35(20-28(36)26(31)18-23-9-5-4-6-10-23)19-24-12-14-25(15-13-24)27-11-7-8-16-32-27/h4-16,21-22,26,28,36H,17-20,31H2,1-3H3,(H,33,37)(H,38,39)/t21-,22?,26-,28-/m0/s1. The van der Waals surface area contributed by atoms with Gasteiger partial charge >= 0.3 is 6.09 Å². The molecule has 3 rings (SSSR count). The van der Waals surface area contributed by atoms with E-state index in [1.165, 1.54) is 11.9 Å². The Kier molecular flexibility index (Phi) is 11.0. The first-order valence-electron chi connectivity index (χ1n) is 13.1. The minimum Gasteiger partial charge on any atom is -0.465 e. The molecule has 0 saturated carbocycles. The van der Waals surface area contributed by atoms with E-state index in [4.69, 9.17) is 5.73 Å². The summed E-state index contributed by atoms with van der Waals surface area (Å²) in [6.45, 7) is 4.00. The van der Waals surface area contributed by atoms with Crippen LogP contribution in [-0.2, 0) is 17.8 Å². The van der Waals surface area contributed by atoms with Gasteiger partial charge in [0.15, 0.2) is 0 Å².